The van der Waals surface area contributed by atoms with Gasteiger partial charge in [-0.15, -0.1) is 0 Å². The molecule has 0 spiro atoms. The fourth-order valence-electron chi connectivity index (χ4n) is 1.55. The Kier molecular flexibility index (Phi) is 3.88. The lowest BCUT2D eigenvalue weighted by Gasteiger charge is -2.11. The van der Waals surface area contributed by atoms with Crippen LogP contribution in [0.1, 0.15) is 11.5 Å². The number of rotatable bonds is 4. The summed E-state index contributed by atoms with van der Waals surface area (Å²) in [6, 6.07) is 7.48. The minimum Gasteiger partial charge on any atom is -0.364 e. The molecule has 0 radical (unpaired) electrons. The van der Waals surface area contributed by atoms with E-state index >= 15 is 0 Å². The van der Waals surface area contributed by atoms with Crippen molar-refractivity contribution < 1.29 is 0 Å². The Labute approximate surface area is 111 Å². The zero-order chi connectivity index (χ0) is 13.7. The summed E-state index contributed by atoms with van der Waals surface area (Å²) in [5.74, 6) is 1.86. The van der Waals surface area contributed by atoms with Crippen LogP contribution in [-0.4, -0.2) is 22.0 Å². The van der Waals surface area contributed by atoms with Gasteiger partial charge in [0.05, 0.1) is 12.2 Å². The number of pyridine rings is 1. The molecular formula is C13H14N6. The highest BCUT2D eigenvalue weighted by molar-refractivity contribution is 5.51. The number of anilines is 2. The lowest BCUT2D eigenvalue weighted by Crippen LogP contribution is -2.12. The third kappa shape index (κ3) is 3.39. The number of hydrogen-bond donors (Lipinski definition) is 1. The second kappa shape index (κ2) is 5.78. The highest BCUT2D eigenvalue weighted by Crippen LogP contribution is 2.14. The molecule has 2 aromatic rings. The van der Waals surface area contributed by atoms with Gasteiger partial charge >= 0.3 is 0 Å². The number of nitrogens with zero attached hydrogens (tertiary/aromatic N) is 5. The number of nitriles is 1. The first-order valence-corrected chi connectivity index (χ1v) is 5.82. The SMILES string of the molecule is Cc1nc(NCc2ccccn2)cc(N(C)C#N)n1. The zero-order valence-electron chi connectivity index (χ0n) is 10.8. The van der Waals surface area contributed by atoms with Crippen molar-refractivity contribution in [3.8, 4) is 6.19 Å². The summed E-state index contributed by atoms with van der Waals surface area (Å²) in [6.45, 7) is 2.37. The van der Waals surface area contributed by atoms with E-state index in [9.17, 15) is 0 Å². The maximum Gasteiger partial charge on any atom is 0.185 e. The van der Waals surface area contributed by atoms with Crippen molar-refractivity contribution in [3.63, 3.8) is 0 Å². The number of hydrogen-bond acceptors (Lipinski definition) is 6. The maximum atomic E-state index is 8.86. The van der Waals surface area contributed by atoms with Crippen molar-refractivity contribution in [1.29, 1.82) is 5.26 Å². The lowest BCUT2D eigenvalue weighted by atomic mass is 10.3. The van der Waals surface area contributed by atoms with Gasteiger partial charge in [-0.1, -0.05) is 6.07 Å². The van der Waals surface area contributed by atoms with Crippen LogP contribution in [0, 0.1) is 18.4 Å². The standard InChI is InChI=1S/C13H14N6/c1-10-17-12(7-13(18-10)19(2)9-14)16-8-11-5-3-4-6-15-11/h3-7H,8H2,1-2H3,(H,16,17,18). The van der Waals surface area contributed by atoms with Gasteiger partial charge in [-0.05, 0) is 19.1 Å². The summed E-state index contributed by atoms with van der Waals surface area (Å²) < 4.78 is 0. The third-order valence-electron chi connectivity index (χ3n) is 2.49. The van der Waals surface area contributed by atoms with E-state index in [-0.39, 0.29) is 0 Å². The van der Waals surface area contributed by atoms with Crippen LogP contribution in [0.2, 0.25) is 0 Å². The van der Waals surface area contributed by atoms with Gasteiger partial charge in [0.15, 0.2) is 6.19 Å². The molecule has 0 atom stereocenters. The van der Waals surface area contributed by atoms with E-state index < -0.39 is 0 Å². The molecule has 0 aliphatic rings. The summed E-state index contributed by atoms with van der Waals surface area (Å²) in [5.41, 5.74) is 0.925. The van der Waals surface area contributed by atoms with Crippen LogP contribution in [0.15, 0.2) is 30.5 Å². The molecule has 2 aromatic heterocycles. The van der Waals surface area contributed by atoms with E-state index in [0.717, 1.165) is 5.69 Å². The monoisotopic (exact) mass is 254 g/mol. The Morgan fingerprint density at radius 2 is 2.21 bits per heavy atom. The first-order chi connectivity index (χ1) is 9.19. The molecule has 1 N–H and O–H groups in total. The average molecular weight is 254 g/mol. The van der Waals surface area contributed by atoms with E-state index in [1.165, 1.54) is 4.90 Å². The minimum atomic E-state index is 0.568. The van der Waals surface area contributed by atoms with Gasteiger partial charge in [0.1, 0.15) is 17.5 Å². The van der Waals surface area contributed by atoms with Crippen LogP contribution in [0.4, 0.5) is 11.6 Å². The summed E-state index contributed by atoms with van der Waals surface area (Å²) >= 11 is 0. The van der Waals surface area contributed by atoms with E-state index in [2.05, 4.69) is 20.3 Å². The van der Waals surface area contributed by atoms with Gasteiger partial charge in [0.25, 0.3) is 0 Å². The summed E-state index contributed by atoms with van der Waals surface area (Å²) in [4.78, 5) is 14.1. The van der Waals surface area contributed by atoms with E-state index in [1.54, 1.807) is 26.2 Å². The van der Waals surface area contributed by atoms with Crippen molar-refractivity contribution in [2.45, 2.75) is 13.5 Å². The van der Waals surface area contributed by atoms with Gasteiger partial charge in [0, 0.05) is 19.3 Å². The number of nitrogens with one attached hydrogen (secondary N) is 1. The Hall–Kier alpha value is -2.68. The summed E-state index contributed by atoms with van der Waals surface area (Å²) in [5, 5.41) is 12.0. The van der Waals surface area contributed by atoms with Gasteiger partial charge in [-0.25, -0.2) is 9.97 Å². The second-order valence-electron chi connectivity index (χ2n) is 3.99. The minimum absolute atomic E-state index is 0.568. The molecule has 0 fully saturated rings. The van der Waals surface area contributed by atoms with Gasteiger partial charge in [-0.3, -0.25) is 9.88 Å². The van der Waals surface area contributed by atoms with E-state index in [4.69, 9.17) is 5.26 Å². The Bertz CT molecular complexity index is 590. The lowest BCUT2D eigenvalue weighted by molar-refractivity contribution is 0.979. The van der Waals surface area contributed by atoms with Crippen LogP contribution in [0.3, 0.4) is 0 Å². The van der Waals surface area contributed by atoms with Crippen molar-refractivity contribution in [1.82, 2.24) is 15.0 Å². The molecule has 6 nitrogen and oxygen atoms in total. The molecule has 0 amide bonds. The van der Waals surface area contributed by atoms with Crippen molar-refractivity contribution in [2.24, 2.45) is 0 Å². The molecule has 0 bridgehead atoms. The average Bonchev–Trinajstić information content (AvgIpc) is 2.45. The van der Waals surface area contributed by atoms with Crippen molar-refractivity contribution >= 4 is 11.6 Å². The number of aryl methyl sites for hydroxylation is 1. The molecule has 0 unspecified atom stereocenters. The topological polar surface area (TPSA) is 77.7 Å². The Morgan fingerprint density at radius 1 is 1.37 bits per heavy atom. The largest absolute Gasteiger partial charge is 0.364 e. The second-order valence-corrected chi connectivity index (χ2v) is 3.99. The van der Waals surface area contributed by atoms with Gasteiger partial charge in [-0.2, -0.15) is 5.26 Å². The third-order valence-corrected chi connectivity index (χ3v) is 2.49. The van der Waals surface area contributed by atoms with Crippen LogP contribution >= 0.6 is 0 Å². The van der Waals surface area contributed by atoms with Crippen LogP contribution in [-0.2, 0) is 6.54 Å². The predicted octanol–water partition coefficient (Wildman–Crippen LogP) is 1.71. The Balaban J connectivity index is 2.13. The molecule has 0 saturated carbocycles. The Morgan fingerprint density at radius 3 is 2.89 bits per heavy atom. The fourth-order valence-corrected chi connectivity index (χ4v) is 1.55. The van der Waals surface area contributed by atoms with Crippen LogP contribution in [0.5, 0.6) is 0 Å². The normalized spacial score (nSPS) is 9.74. The van der Waals surface area contributed by atoms with E-state index in [1.807, 2.05) is 24.4 Å². The summed E-state index contributed by atoms with van der Waals surface area (Å²) in [7, 11) is 1.66. The molecule has 0 aliphatic carbocycles. The maximum absolute atomic E-state index is 8.86. The van der Waals surface area contributed by atoms with E-state index in [0.29, 0.717) is 24.0 Å². The molecule has 2 rings (SSSR count). The molecular weight excluding hydrogens is 240 g/mol. The smallest absolute Gasteiger partial charge is 0.185 e. The molecule has 19 heavy (non-hydrogen) atoms. The van der Waals surface area contributed by atoms with Crippen molar-refractivity contribution in [3.05, 3.63) is 42.0 Å². The number of aromatic nitrogens is 3. The first kappa shape index (κ1) is 12.8. The highest BCUT2D eigenvalue weighted by atomic mass is 15.2. The fraction of sp³-hybridized carbons (Fsp3) is 0.231. The molecule has 6 heteroatoms. The molecule has 0 saturated heterocycles. The zero-order valence-corrected chi connectivity index (χ0v) is 10.8. The highest BCUT2D eigenvalue weighted by Gasteiger charge is 2.05. The molecule has 0 aromatic carbocycles. The molecule has 96 valence electrons. The molecule has 0 aliphatic heterocycles. The van der Waals surface area contributed by atoms with Crippen molar-refractivity contribution in [2.75, 3.05) is 17.3 Å². The predicted molar refractivity (Wildman–Crippen MR) is 72.3 cm³/mol. The van der Waals surface area contributed by atoms with Crippen LogP contribution < -0.4 is 10.2 Å². The van der Waals surface area contributed by atoms with Gasteiger partial charge in [0.2, 0.25) is 0 Å². The first-order valence-electron chi connectivity index (χ1n) is 5.82. The van der Waals surface area contributed by atoms with Crippen LogP contribution in [0.25, 0.3) is 0 Å². The quantitative estimate of drug-likeness (QED) is 0.661. The van der Waals surface area contributed by atoms with Gasteiger partial charge < -0.3 is 5.32 Å². The molecule has 2 heterocycles. The summed E-state index contributed by atoms with van der Waals surface area (Å²) in [6.07, 6.45) is 3.76.